The summed E-state index contributed by atoms with van der Waals surface area (Å²) in [6.07, 6.45) is 7.72. The molecule has 1 aromatic heterocycles. The second-order valence-corrected chi connectivity index (χ2v) is 12.1. The summed E-state index contributed by atoms with van der Waals surface area (Å²) >= 11 is 0. The summed E-state index contributed by atoms with van der Waals surface area (Å²) in [7, 11) is 0. The Bertz CT molecular complexity index is 1250. The van der Waals surface area contributed by atoms with E-state index < -0.39 is 6.10 Å². The van der Waals surface area contributed by atoms with Crippen LogP contribution in [0.3, 0.4) is 0 Å². The third kappa shape index (κ3) is 6.76. The standard InChI is InChI=1S/C31H42N6O4/c38-25-9-8-21-15-26(32-18-23(21)14-25)27(39)19-33-30(40)22-16-28(34-24-4-2-1-3-5-24)35-29(17-22)36-10-12-37(13-11-36)31(41)20-6-7-20/h8-9,14,16-17,20,24,26-27,32,38-39H,1-7,10-13,15,18-19H2,(H,33,40)(H,34,35)/t26-,27+/m0/s1. The average Bonchev–Trinajstić information content (AvgIpc) is 3.85. The lowest BCUT2D eigenvalue weighted by atomic mass is 9.92. The molecule has 1 aromatic carbocycles. The summed E-state index contributed by atoms with van der Waals surface area (Å²) in [6, 6.07) is 9.10. The van der Waals surface area contributed by atoms with Gasteiger partial charge in [0, 0.05) is 62.8 Å². The molecule has 6 rings (SSSR count). The lowest BCUT2D eigenvalue weighted by Crippen LogP contribution is -2.49. The molecular formula is C31H42N6O4. The molecule has 10 nitrogen and oxygen atoms in total. The van der Waals surface area contributed by atoms with Gasteiger partial charge in [-0.3, -0.25) is 9.59 Å². The van der Waals surface area contributed by atoms with E-state index in [9.17, 15) is 19.8 Å². The van der Waals surface area contributed by atoms with E-state index >= 15 is 0 Å². The van der Waals surface area contributed by atoms with Crippen molar-refractivity contribution in [2.75, 3.05) is 42.9 Å². The van der Waals surface area contributed by atoms with Crippen LogP contribution in [0.25, 0.3) is 0 Å². The molecule has 5 N–H and O–H groups in total. The number of pyridine rings is 1. The third-order valence-corrected chi connectivity index (χ3v) is 8.99. The number of aliphatic hydroxyl groups excluding tert-OH is 1. The zero-order chi connectivity index (χ0) is 28.3. The van der Waals surface area contributed by atoms with Gasteiger partial charge >= 0.3 is 0 Å². The van der Waals surface area contributed by atoms with Crippen molar-refractivity contribution in [3.63, 3.8) is 0 Å². The number of anilines is 2. The van der Waals surface area contributed by atoms with Gasteiger partial charge in [-0.1, -0.05) is 25.3 Å². The van der Waals surface area contributed by atoms with Crippen molar-refractivity contribution >= 4 is 23.5 Å². The van der Waals surface area contributed by atoms with Crippen LogP contribution in [-0.4, -0.2) is 82.8 Å². The zero-order valence-electron chi connectivity index (χ0n) is 23.6. The van der Waals surface area contributed by atoms with Crippen LogP contribution in [0.4, 0.5) is 11.6 Å². The summed E-state index contributed by atoms with van der Waals surface area (Å²) in [5.41, 5.74) is 2.63. The highest BCUT2D eigenvalue weighted by Gasteiger charge is 2.35. The molecule has 2 aromatic rings. The number of nitrogens with zero attached hydrogens (tertiary/aromatic N) is 3. The first-order chi connectivity index (χ1) is 19.9. The van der Waals surface area contributed by atoms with Gasteiger partial charge in [0.15, 0.2) is 0 Å². The smallest absolute Gasteiger partial charge is 0.251 e. The number of amides is 2. The Balaban J connectivity index is 1.11. The largest absolute Gasteiger partial charge is 0.508 e. The summed E-state index contributed by atoms with van der Waals surface area (Å²) in [5, 5.41) is 30.5. The topological polar surface area (TPSA) is 130 Å². The van der Waals surface area contributed by atoms with Gasteiger partial charge in [0.1, 0.15) is 17.4 Å². The van der Waals surface area contributed by atoms with Crippen molar-refractivity contribution < 1.29 is 19.8 Å². The predicted molar refractivity (Wildman–Crippen MR) is 157 cm³/mol. The molecule has 2 amide bonds. The maximum atomic E-state index is 13.4. The van der Waals surface area contributed by atoms with Crippen LogP contribution < -0.4 is 20.9 Å². The first kappa shape index (κ1) is 27.8. The molecule has 220 valence electrons. The van der Waals surface area contributed by atoms with E-state index in [1.165, 1.54) is 19.3 Å². The van der Waals surface area contributed by atoms with Crippen molar-refractivity contribution in [3.05, 3.63) is 47.0 Å². The van der Waals surface area contributed by atoms with E-state index in [0.717, 1.165) is 42.6 Å². The normalized spacial score (nSPS) is 22.1. The van der Waals surface area contributed by atoms with E-state index in [0.29, 0.717) is 56.6 Å². The number of aliphatic hydroxyl groups is 1. The third-order valence-electron chi connectivity index (χ3n) is 8.99. The van der Waals surface area contributed by atoms with E-state index in [-0.39, 0.29) is 36.1 Å². The van der Waals surface area contributed by atoms with Gasteiger partial charge < -0.3 is 36.0 Å². The van der Waals surface area contributed by atoms with Crippen molar-refractivity contribution in [2.24, 2.45) is 5.92 Å². The fourth-order valence-corrected chi connectivity index (χ4v) is 6.32. The Hall–Kier alpha value is -3.37. The molecule has 41 heavy (non-hydrogen) atoms. The molecule has 2 atom stereocenters. The number of carbonyl (C=O) groups excluding carboxylic acids is 2. The molecule has 0 spiro atoms. The fourth-order valence-electron chi connectivity index (χ4n) is 6.32. The summed E-state index contributed by atoms with van der Waals surface area (Å²) < 4.78 is 0. The van der Waals surface area contributed by atoms with E-state index in [2.05, 4.69) is 20.9 Å². The number of fused-ring (bicyclic) bond motifs is 1. The molecule has 2 saturated carbocycles. The maximum absolute atomic E-state index is 13.4. The minimum absolute atomic E-state index is 0.120. The first-order valence-electron chi connectivity index (χ1n) is 15.3. The molecule has 2 aliphatic heterocycles. The summed E-state index contributed by atoms with van der Waals surface area (Å²) in [6.45, 7) is 3.39. The number of aromatic nitrogens is 1. The molecule has 1 saturated heterocycles. The second-order valence-electron chi connectivity index (χ2n) is 12.1. The second kappa shape index (κ2) is 12.2. The number of benzene rings is 1. The number of aromatic hydroxyl groups is 1. The van der Waals surface area contributed by atoms with Crippen LogP contribution in [-0.2, 0) is 17.8 Å². The molecule has 4 aliphatic rings. The number of phenols is 1. The Kier molecular flexibility index (Phi) is 8.30. The molecule has 3 fully saturated rings. The Morgan fingerprint density at radius 2 is 1.78 bits per heavy atom. The lowest BCUT2D eigenvalue weighted by Gasteiger charge is -2.36. The van der Waals surface area contributed by atoms with Crippen molar-refractivity contribution in [3.8, 4) is 5.75 Å². The van der Waals surface area contributed by atoms with Gasteiger partial charge in [0.25, 0.3) is 5.91 Å². The summed E-state index contributed by atoms with van der Waals surface area (Å²) in [4.78, 5) is 34.9. The van der Waals surface area contributed by atoms with Gasteiger partial charge in [-0.25, -0.2) is 4.98 Å². The number of nitrogens with one attached hydrogen (secondary N) is 3. The van der Waals surface area contributed by atoms with Crippen LogP contribution in [0.5, 0.6) is 5.75 Å². The number of piperazine rings is 1. The Morgan fingerprint density at radius 3 is 2.54 bits per heavy atom. The summed E-state index contributed by atoms with van der Waals surface area (Å²) in [5.74, 6) is 1.93. The Labute approximate surface area is 241 Å². The molecule has 2 aliphatic carbocycles. The molecule has 0 bridgehead atoms. The minimum Gasteiger partial charge on any atom is -0.508 e. The van der Waals surface area contributed by atoms with Gasteiger partial charge in [0.05, 0.1) is 6.10 Å². The molecule has 0 unspecified atom stereocenters. The first-order valence-corrected chi connectivity index (χ1v) is 15.3. The van der Waals surface area contributed by atoms with Gasteiger partial charge in [-0.2, -0.15) is 0 Å². The van der Waals surface area contributed by atoms with Crippen LogP contribution in [0.2, 0.25) is 0 Å². The SMILES string of the molecule is O=C(NC[C@@H](O)[C@@H]1Cc2ccc(O)cc2CN1)c1cc(NC2CCCCC2)nc(N2CCN(C(=O)C3CC3)CC2)c1. The average molecular weight is 563 g/mol. The highest BCUT2D eigenvalue weighted by molar-refractivity contribution is 5.95. The zero-order valence-corrected chi connectivity index (χ0v) is 23.6. The van der Waals surface area contributed by atoms with E-state index in [1.54, 1.807) is 12.1 Å². The van der Waals surface area contributed by atoms with Crippen LogP contribution >= 0.6 is 0 Å². The van der Waals surface area contributed by atoms with E-state index in [1.807, 2.05) is 23.1 Å². The monoisotopic (exact) mass is 562 g/mol. The number of rotatable bonds is 8. The number of hydrogen-bond donors (Lipinski definition) is 5. The lowest BCUT2D eigenvalue weighted by molar-refractivity contribution is -0.132. The van der Waals surface area contributed by atoms with Crippen LogP contribution in [0, 0.1) is 5.92 Å². The number of carbonyl (C=O) groups is 2. The molecule has 10 heteroatoms. The maximum Gasteiger partial charge on any atom is 0.251 e. The minimum atomic E-state index is -0.765. The van der Waals surface area contributed by atoms with Gasteiger partial charge in [-0.15, -0.1) is 0 Å². The predicted octanol–water partition coefficient (Wildman–Crippen LogP) is 2.40. The van der Waals surface area contributed by atoms with Crippen molar-refractivity contribution in [1.82, 2.24) is 20.5 Å². The number of hydrogen-bond acceptors (Lipinski definition) is 8. The molecule has 0 radical (unpaired) electrons. The van der Waals surface area contributed by atoms with Crippen LogP contribution in [0.1, 0.15) is 66.4 Å². The van der Waals surface area contributed by atoms with Crippen molar-refractivity contribution in [2.45, 2.75) is 76.1 Å². The van der Waals surface area contributed by atoms with Crippen molar-refractivity contribution in [1.29, 1.82) is 0 Å². The van der Waals surface area contributed by atoms with Gasteiger partial charge in [-0.05, 0) is 67.5 Å². The fraction of sp³-hybridized carbons (Fsp3) is 0.581. The quantitative estimate of drug-likeness (QED) is 0.332. The van der Waals surface area contributed by atoms with Gasteiger partial charge in [0.2, 0.25) is 5.91 Å². The Morgan fingerprint density at radius 1 is 1.00 bits per heavy atom. The van der Waals surface area contributed by atoms with Crippen LogP contribution in [0.15, 0.2) is 30.3 Å². The highest BCUT2D eigenvalue weighted by Crippen LogP contribution is 2.32. The van der Waals surface area contributed by atoms with E-state index in [4.69, 9.17) is 4.98 Å². The molecule has 3 heterocycles. The highest BCUT2D eigenvalue weighted by atomic mass is 16.3. The number of phenolic OH excluding ortho intramolecular Hbond substituents is 1. The molecular weight excluding hydrogens is 520 g/mol.